The Morgan fingerprint density at radius 3 is 2.39 bits per heavy atom. The maximum Gasteiger partial charge on any atom is 0.311 e. The van der Waals surface area contributed by atoms with Crippen LogP contribution in [0.5, 0.6) is 0 Å². The maximum absolute atomic E-state index is 15.6. The number of nitrogens with zero attached hydrogens (tertiary/aromatic N) is 4. The SMILES string of the molecule is Cc1ccc(-c2nn3c(N4CCCC(C(=O)O)(C(C)C)C4)c(C(C)C)c(C)nc3c2F)cc1. The second-order valence-corrected chi connectivity index (χ2v) is 9.99. The fourth-order valence-electron chi connectivity index (χ4n) is 5.16. The zero-order chi connectivity index (χ0) is 24.1. The Labute approximate surface area is 194 Å². The molecule has 1 N–H and O–H groups in total. The van der Waals surface area contributed by atoms with Gasteiger partial charge in [0, 0.05) is 29.9 Å². The second kappa shape index (κ2) is 8.43. The lowest BCUT2D eigenvalue weighted by molar-refractivity contribution is -0.152. The number of anilines is 1. The zero-order valence-electron chi connectivity index (χ0n) is 20.3. The Morgan fingerprint density at radius 1 is 1.15 bits per heavy atom. The number of carbonyl (C=O) groups is 1. The van der Waals surface area contributed by atoms with Crippen molar-refractivity contribution in [2.75, 3.05) is 18.0 Å². The number of hydrogen-bond donors (Lipinski definition) is 1. The van der Waals surface area contributed by atoms with Gasteiger partial charge in [0.2, 0.25) is 0 Å². The average Bonchev–Trinajstić information content (AvgIpc) is 3.09. The maximum atomic E-state index is 15.6. The largest absolute Gasteiger partial charge is 0.481 e. The lowest BCUT2D eigenvalue weighted by atomic mass is 9.71. The summed E-state index contributed by atoms with van der Waals surface area (Å²) in [6.07, 6.45) is 1.38. The van der Waals surface area contributed by atoms with Gasteiger partial charge in [-0.15, -0.1) is 0 Å². The minimum absolute atomic E-state index is 0.0313. The van der Waals surface area contributed by atoms with Gasteiger partial charge in [0.15, 0.2) is 11.5 Å². The normalized spacial score (nSPS) is 19.1. The van der Waals surface area contributed by atoms with Crippen LogP contribution in [-0.4, -0.2) is 38.8 Å². The van der Waals surface area contributed by atoms with Crippen LogP contribution in [0, 0.1) is 31.0 Å². The van der Waals surface area contributed by atoms with Crippen LogP contribution in [0.15, 0.2) is 24.3 Å². The van der Waals surface area contributed by atoms with Gasteiger partial charge in [0.05, 0.1) is 5.41 Å². The third-order valence-corrected chi connectivity index (χ3v) is 7.17. The van der Waals surface area contributed by atoms with Crippen LogP contribution in [-0.2, 0) is 4.79 Å². The van der Waals surface area contributed by atoms with E-state index in [4.69, 9.17) is 5.10 Å². The molecule has 0 aliphatic carbocycles. The molecule has 1 unspecified atom stereocenters. The van der Waals surface area contributed by atoms with Gasteiger partial charge in [0.25, 0.3) is 0 Å². The molecule has 0 radical (unpaired) electrons. The van der Waals surface area contributed by atoms with Crippen LogP contribution in [0.2, 0.25) is 0 Å². The van der Waals surface area contributed by atoms with Crippen molar-refractivity contribution in [1.82, 2.24) is 14.6 Å². The van der Waals surface area contributed by atoms with E-state index < -0.39 is 17.2 Å². The number of halogens is 1. The highest BCUT2D eigenvalue weighted by Crippen LogP contribution is 2.42. The van der Waals surface area contributed by atoms with Crippen molar-refractivity contribution in [3.63, 3.8) is 0 Å². The lowest BCUT2D eigenvalue weighted by Crippen LogP contribution is -2.51. The van der Waals surface area contributed by atoms with Crippen LogP contribution < -0.4 is 4.90 Å². The third-order valence-electron chi connectivity index (χ3n) is 7.17. The van der Waals surface area contributed by atoms with E-state index in [-0.39, 0.29) is 23.2 Å². The van der Waals surface area contributed by atoms with Crippen molar-refractivity contribution in [2.45, 2.75) is 60.3 Å². The first kappa shape index (κ1) is 23.2. The number of benzene rings is 1. The first-order valence-corrected chi connectivity index (χ1v) is 11.7. The van der Waals surface area contributed by atoms with Gasteiger partial charge < -0.3 is 10.0 Å². The Bertz CT molecular complexity index is 1200. The summed E-state index contributed by atoms with van der Waals surface area (Å²) >= 11 is 0. The van der Waals surface area contributed by atoms with Gasteiger partial charge in [-0.05, 0) is 38.5 Å². The molecule has 3 heterocycles. The number of aryl methyl sites for hydroxylation is 2. The average molecular weight is 453 g/mol. The van der Waals surface area contributed by atoms with Gasteiger partial charge >= 0.3 is 5.97 Å². The number of rotatable bonds is 5. The Hall–Kier alpha value is -2.96. The van der Waals surface area contributed by atoms with Crippen LogP contribution in [0.25, 0.3) is 16.9 Å². The van der Waals surface area contributed by atoms with Gasteiger partial charge in [0.1, 0.15) is 11.5 Å². The molecular weight excluding hydrogens is 419 g/mol. The second-order valence-electron chi connectivity index (χ2n) is 9.99. The van der Waals surface area contributed by atoms with E-state index in [1.165, 1.54) is 0 Å². The van der Waals surface area contributed by atoms with Crippen molar-refractivity contribution in [2.24, 2.45) is 11.3 Å². The predicted octanol–water partition coefficient (Wildman–Crippen LogP) is 5.60. The molecule has 0 bridgehead atoms. The fourth-order valence-corrected chi connectivity index (χ4v) is 5.16. The topological polar surface area (TPSA) is 70.7 Å². The Kier molecular flexibility index (Phi) is 5.93. The summed E-state index contributed by atoms with van der Waals surface area (Å²) < 4.78 is 17.2. The van der Waals surface area contributed by atoms with Crippen molar-refractivity contribution in [3.8, 4) is 11.3 Å². The fraction of sp³-hybridized carbons (Fsp3) is 0.500. The summed E-state index contributed by atoms with van der Waals surface area (Å²) in [6.45, 7) is 13.0. The predicted molar refractivity (Wildman–Crippen MR) is 128 cm³/mol. The molecule has 33 heavy (non-hydrogen) atoms. The standard InChI is InChI=1S/C26H33FN4O2/c1-15(2)20-18(6)28-23-21(27)22(19-10-8-17(5)9-11-19)29-31(23)24(20)30-13-7-12-26(14-30,16(3)4)25(32)33/h8-11,15-16H,7,12-14H2,1-6H3,(H,32,33). The number of aliphatic carboxylic acids is 1. The van der Waals surface area contributed by atoms with E-state index in [0.29, 0.717) is 25.1 Å². The Morgan fingerprint density at radius 2 is 1.82 bits per heavy atom. The van der Waals surface area contributed by atoms with Gasteiger partial charge in [-0.1, -0.05) is 57.5 Å². The molecule has 1 aliphatic rings. The molecule has 2 aromatic heterocycles. The molecule has 0 saturated carbocycles. The van der Waals surface area contributed by atoms with Crippen molar-refractivity contribution in [1.29, 1.82) is 0 Å². The molecule has 4 rings (SSSR count). The van der Waals surface area contributed by atoms with E-state index in [9.17, 15) is 9.90 Å². The van der Waals surface area contributed by atoms with Crippen LogP contribution in [0.4, 0.5) is 10.2 Å². The molecule has 0 spiro atoms. The molecule has 1 fully saturated rings. The van der Waals surface area contributed by atoms with E-state index in [0.717, 1.165) is 29.1 Å². The molecular formula is C26H33FN4O2. The summed E-state index contributed by atoms with van der Waals surface area (Å²) in [4.78, 5) is 19.1. The zero-order valence-corrected chi connectivity index (χ0v) is 20.3. The monoisotopic (exact) mass is 452 g/mol. The highest BCUT2D eigenvalue weighted by atomic mass is 19.1. The summed E-state index contributed by atoms with van der Waals surface area (Å²) in [6, 6.07) is 7.61. The molecule has 0 amide bonds. The lowest BCUT2D eigenvalue weighted by Gasteiger charge is -2.44. The molecule has 1 atom stereocenters. The highest BCUT2D eigenvalue weighted by molar-refractivity contribution is 5.77. The number of hydrogen-bond acceptors (Lipinski definition) is 4. The number of aromatic nitrogens is 3. The van der Waals surface area contributed by atoms with Gasteiger partial charge in [-0.25, -0.2) is 9.37 Å². The number of carboxylic acids is 1. The highest BCUT2D eigenvalue weighted by Gasteiger charge is 2.46. The summed E-state index contributed by atoms with van der Waals surface area (Å²) in [7, 11) is 0. The molecule has 7 heteroatoms. The summed E-state index contributed by atoms with van der Waals surface area (Å²) in [5, 5.41) is 14.9. The molecule has 1 aliphatic heterocycles. The van der Waals surface area contributed by atoms with Crippen LogP contribution in [0.3, 0.4) is 0 Å². The van der Waals surface area contributed by atoms with Crippen LogP contribution in [0.1, 0.15) is 63.3 Å². The third kappa shape index (κ3) is 3.77. The molecule has 176 valence electrons. The van der Waals surface area contributed by atoms with Crippen LogP contribution >= 0.6 is 0 Å². The van der Waals surface area contributed by atoms with E-state index in [1.807, 2.05) is 52.0 Å². The van der Waals surface area contributed by atoms with E-state index >= 15 is 4.39 Å². The first-order chi connectivity index (χ1) is 15.6. The molecule has 6 nitrogen and oxygen atoms in total. The quantitative estimate of drug-likeness (QED) is 0.545. The van der Waals surface area contributed by atoms with E-state index in [1.54, 1.807) is 4.52 Å². The molecule has 3 aromatic rings. The summed E-state index contributed by atoms with van der Waals surface area (Å²) in [5.41, 5.74) is 3.09. The number of carboxylic acid groups (broad SMARTS) is 1. The van der Waals surface area contributed by atoms with E-state index in [2.05, 4.69) is 23.7 Å². The molecule has 1 aromatic carbocycles. The van der Waals surface area contributed by atoms with Crippen molar-refractivity contribution >= 4 is 17.4 Å². The number of piperidine rings is 1. The smallest absolute Gasteiger partial charge is 0.311 e. The van der Waals surface area contributed by atoms with Crippen molar-refractivity contribution in [3.05, 3.63) is 46.9 Å². The number of fused-ring (bicyclic) bond motifs is 1. The minimum atomic E-state index is -0.860. The summed E-state index contributed by atoms with van der Waals surface area (Å²) in [5.74, 6) is -0.384. The Balaban J connectivity index is 1.96. The van der Waals surface area contributed by atoms with Gasteiger partial charge in [-0.2, -0.15) is 9.61 Å². The molecule has 1 saturated heterocycles. The van der Waals surface area contributed by atoms with Gasteiger partial charge in [-0.3, -0.25) is 4.79 Å². The first-order valence-electron chi connectivity index (χ1n) is 11.7. The minimum Gasteiger partial charge on any atom is -0.481 e. The van der Waals surface area contributed by atoms with Crippen molar-refractivity contribution < 1.29 is 14.3 Å².